The molecular formula is C25H21ClF5NO4. The maximum Gasteiger partial charge on any atom is 0.417 e. The predicted molar refractivity (Wildman–Crippen MR) is 121 cm³/mol. The number of rotatable bonds is 4. The van der Waals surface area contributed by atoms with Gasteiger partial charge in [-0.25, -0.2) is 14.2 Å². The Labute approximate surface area is 208 Å². The van der Waals surface area contributed by atoms with Crippen LogP contribution in [-0.2, 0) is 9.47 Å². The van der Waals surface area contributed by atoms with Crippen molar-refractivity contribution in [3.8, 4) is 5.75 Å². The summed E-state index contributed by atoms with van der Waals surface area (Å²) in [5.74, 6) is -6.01. The average Bonchev–Trinajstić information content (AvgIpc) is 3.11. The molecule has 1 saturated heterocycles. The SMILES string of the molecule is COC(=O)c1ccc2nc([C@@H]3O[C@@](C)(C(F)(F)F)[C@@H](C)[C@H]3c3ccc(F)c(F)c3OC)cc(Cl)c2c1. The van der Waals surface area contributed by atoms with Crippen LogP contribution in [0.15, 0.2) is 36.4 Å². The van der Waals surface area contributed by atoms with E-state index in [1.54, 1.807) is 0 Å². The molecule has 0 aliphatic carbocycles. The highest BCUT2D eigenvalue weighted by Gasteiger charge is 2.65. The van der Waals surface area contributed by atoms with Crippen molar-refractivity contribution in [2.45, 2.75) is 37.6 Å². The van der Waals surface area contributed by atoms with Crippen LogP contribution < -0.4 is 4.74 Å². The third-order valence-corrected chi connectivity index (χ3v) is 7.12. The number of carbonyl (C=O) groups is 1. The summed E-state index contributed by atoms with van der Waals surface area (Å²) in [5, 5.41) is 0.475. The van der Waals surface area contributed by atoms with Crippen LogP contribution >= 0.6 is 11.6 Å². The maximum absolute atomic E-state index is 14.6. The summed E-state index contributed by atoms with van der Waals surface area (Å²) in [6.45, 7) is 2.23. The van der Waals surface area contributed by atoms with Crippen LogP contribution in [-0.4, -0.2) is 37.0 Å². The third-order valence-electron chi connectivity index (χ3n) is 6.80. The molecule has 192 valence electrons. The van der Waals surface area contributed by atoms with Gasteiger partial charge in [-0.05, 0) is 37.3 Å². The highest BCUT2D eigenvalue weighted by molar-refractivity contribution is 6.35. The van der Waals surface area contributed by atoms with Crippen molar-refractivity contribution in [3.63, 3.8) is 0 Å². The van der Waals surface area contributed by atoms with Crippen LogP contribution in [0, 0.1) is 17.6 Å². The number of nitrogens with zero attached hydrogens (tertiary/aromatic N) is 1. The van der Waals surface area contributed by atoms with E-state index in [0.29, 0.717) is 5.39 Å². The maximum atomic E-state index is 14.6. The highest BCUT2D eigenvalue weighted by atomic mass is 35.5. The number of aromatic nitrogens is 1. The molecule has 0 bridgehead atoms. The first-order valence-corrected chi connectivity index (χ1v) is 11.2. The first-order chi connectivity index (χ1) is 16.8. The molecule has 4 rings (SSSR count). The van der Waals surface area contributed by atoms with Gasteiger partial charge < -0.3 is 14.2 Å². The van der Waals surface area contributed by atoms with Crippen molar-refractivity contribution in [1.82, 2.24) is 4.98 Å². The monoisotopic (exact) mass is 529 g/mol. The summed E-state index contributed by atoms with van der Waals surface area (Å²) in [5.41, 5.74) is -2.09. The molecule has 1 fully saturated rings. The van der Waals surface area contributed by atoms with Crippen LogP contribution in [0.4, 0.5) is 22.0 Å². The largest absolute Gasteiger partial charge is 0.493 e. The molecule has 0 N–H and O–H groups in total. The van der Waals surface area contributed by atoms with Gasteiger partial charge >= 0.3 is 12.1 Å². The van der Waals surface area contributed by atoms with Gasteiger partial charge in [-0.2, -0.15) is 17.6 Å². The summed E-state index contributed by atoms with van der Waals surface area (Å²) in [6, 6.07) is 7.72. The zero-order valence-corrected chi connectivity index (χ0v) is 20.3. The number of esters is 1. The van der Waals surface area contributed by atoms with E-state index in [1.165, 1.54) is 44.4 Å². The second-order valence-corrected chi connectivity index (χ2v) is 9.10. The van der Waals surface area contributed by atoms with Crippen LogP contribution in [0.5, 0.6) is 5.75 Å². The first kappa shape index (κ1) is 26.1. The van der Waals surface area contributed by atoms with Gasteiger partial charge in [-0.1, -0.05) is 24.6 Å². The molecule has 3 aromatic rings. The Kier molecular flexibility index (Phi) is 6.63. The van der Waals surface area contributed by atoms with E-state index in [9.17, 15) is 26.7 Å². The molecule has 2 aromatic carbocycles. The lowest BCUT2D eigenvalue weighted by molar-refractivity contribution is -0.275. The van der Waals surface area contributed by atoms with Gasteiger partial charge in [0.25, 0.3) is 0 Å². The molecule has 5 nitrogen and oxygen atoms in total. The van der Waals surface area contributed by atoms with Crippen molar-refractivity contribution in [3.05, 3.63) is 69.9 Å². The molecule has 2 heterocycles. The number of methoxy groups -OCH3 is 2. The molecule has 4 atom stereocenters. The van der Waals surface area contributed by atoms with E-state index in [-0.39, 0.29) is 27.4 Å². The molecule has 0 radical (unpaired) electrons. The Morgan fingerprint density at radius 2 is 1.83 bits per heavy atom. The second kappa shape index (κ2) is 9.15. The lowest BCUT2D eigenvalue weighted by Gasteiger charge is -2.32. The molecule has 1 aliphatic heterocycles. The van der Waals surface area contributed by atoms with E-state index < -0.39 is 53.1 Å². The summed E-state index contributed by atoms with van der Waals surface area (Å²) >= 11 is 6.45. The molecule has 36 heavy (non-hydrogen) atoms. The molecular weight excluding hydrogens is 509 g/mol. The predicted octanol–water partition coefficient (Wildman–Crippen LogP) is 6.77. The summed E-state index contributed by atoms with van der Waals surface area (Å²) in [6.07, 6.45) is -6.13. The fourth-order valence-electron chi connectivity index (χ4n) is 4.66. The highest BCUT2D eigenvalue weighted by Crippen LogP contribution is 2.59. The molecule has 11 heteroatoms. The number of pyridine rings is 1. The number of halogens is 6. The zero-order valence-electron chi connectivity index (χ0n) is 19.5. The number of ether oxygens (including phenoxy) is 3. The normalized spacial score (nSPS) is 24.2. The molecule has 0 amide bonds. The lowest BCUT2D eigenvalue weighted by Crippen LogP contribution is -2.46. The summed E-state index contributed by atoms with van der Waals surface area (Å²) in [4.78, 5) is 16.3. The fourth-order valence-corrected chi connectivity index (χ4v) is 4.93. The van der Waals surface area contributed by atoms with Crippen LogP contribution in [0.3, 0.4) is 0 Å². The number of benzene rings is 2. The molecule has 1 aromatic heterocycles. The van der Waals surface area contributed by atoms with Crippen LogP contribution in [0.25, 0.3) is 10.9 Å². The second-order valence-electron chi connectivity index (χ2n) is 8.69. The van der Waals surface area contributed by atoms with Gasteiger partial charge in [0.1, 0.15) is 6.10 Å². The van der Waals surface area contributed by atoms with E-state index in [1.807, 2.05) is 0 Å². The smallest absolute Gasteiger partial charge is 0.417 e. The summed E-state index contributed by atoms with van der Waals surface area (Å²) in [7, 11) is 2.32. The van der Waals surface area contributed by atoms with E-state index in [4.69, 9.17) is 25.8 Å². The van der Waals surface area contributed by atoms with Gasteiger partial charge in [0.15, 0.2) is 17.2 Å². The topological polar surface area (TPSA) is 57.7 Å². The van der Waals surface area contributed by atoms with Crippen LogP contribution in [0.1, 0.15) is 47.5 Å². The lowest BCUT2D eigenvalue weighted by atomic mass is 9.76. The summed E-state index contributed by atoms with van der Waals surface area (Å²) < 4.78 is 86.5. The van der Waals surface area contributed by atoms with Gasteiger partial charge in [0, 0.05) is 22.8 Å². The Morgan fingerprint density at radius 3 is 2.44 bits per heavy atom. The van der Waals surface area contributed by atoms with Gasteiger partial charge in [-0.3, -0.25) is 0 Å². The Morgan fingerprint density at radius 1 is 1.14 bits per heavy atom. The molecule has 0 saturated carbocycles. The Bertz CT molecular complexity index is 1350. The Balaban J connectivity index is 1.92. The number of alkyl halides is 3. The van der Waals surface area contributed by atoms with Crippen LogP contribution in [0.2, 0.25) is 5.02 Å². The van der Waals surface area contributed by atoms with E-state index in [2.05, 4.69) is 4.98 Å². The zero-order chi connectivity index (χ0) is 26.6. The Hall–Kier alpha value is -2.98. The van der Waals surface area contributed by atoms with Crippen molar-refractivity contribution >= 4 is 28.5 Å². The quantitative estimate of drug-likeness (QED) is 0.276. The van der Waals surface area contributed by atoms with Crippen molar-refractivity contribution in [1.29, 1.82) is 0 Å². The number of fused-ring (bicyclic) bond motifs is 1. The van der Waals surface area contributed by atoms with Gasteiger partial charge in [-0.15, -0.1) is 0 Å². The minimum Gasteiger partial charge on any atom is -0.493 e. The average molecular weight is 530 g/mol. The number of hydrogen-bond acceptors (Lipinski definition) is 5. The number of hydrogen-bond donors (Lipinski definition) is 0. The molecule has 0 unspecified atom stereocenters. The fraction of sp³-hybridized carbons (Fsp3) is 0.360. The van der Waals surface area contributed by atoms with Gasteiger partial charge in [0.2, 0.25) is 5.82 Å². The van der Waals surface area contributed by atoms with Crippen molar-refractivity contribution in [2.24, 2.45) is 5.92 Å². The van der Waals surface area contributed by atoms with Gasteiger partial charge in [0.05, 0.1) is 36.0 Å². The van der Waals surface area contributed by atoms with E-state index in [0.717, 1.165) is 20.1 Å². The van der Waals surface area contributed by atoms with E-state index >= 15 is 0 Å². The standard InChI is InChI=1S/C25H21ClF5NO4/c1-11-19(13-6-7-16(27)20(28)21(13)34-3)22(36-24(11,2)25(29,30)31)18-10-15(26)14-9-12(23(33)35-4)5-8-17(14)32-18/h5-11,19,22H,1-4H3/t11-,19-,22-,24+/m0/s1. The minimum atomic E-state index is -4.79. The molecule has 1 aliphatic rings. The van der Waals surface area contributed by atoms with Crippen molar-refractivity contribution < 1.29 is 41.0 Å². The van der Waals surface area contributed by atoms with Crippen molar-refractivity contribution in [2.75, 3.05) is 14.2 Å². The molecule has 0 spiro atoms. The third kappa shape index (κ3) is 4.06. The number of carbonyl (C=O) groups excluding carboxylic acids is 1. The first-order valence-electron chi connectivity index (χ1n) is 10.8. The minimum absolute atomic E-state index is 0.000864.